The van der Waals surface area contributed by atoms with Crippen molar-refractivity contribution in [2.75, 3.05) is 26.8 Å². The third-order valence-corrected chi connectivity index (χ3v) is 3.81. The van der Waals surface area contributed by atoms with E-state index in [1.165, 1.54) is 12.0 Å². The number of carboxylic acid groups (broad SMARTS) is 1. The Kier molecular flexibility index (Phi) is 6.96. The third kappa shape index (κ3) is 4.90. The molecule has 1 aliphatic carbocycles. The number of nitrogens with one attached hydrogen (secondary N) is 1. The van der Waals surface area contributed by atoms with Crippen molar-refractivity contribution in [2.24, 2.45) is 0 Å². The van der Waals surface area contributed by atoms with Gasteiger partial charge in [-0.2, -0.15) is 5.26 Å². The lowest BCUT2D eigenvalue weighted by atomic mass is 9.82. The van der Waals surface area contributed by atoms with E-state index in [0.29, 0.717) is 26.0 Å². The van der Waals surface area contributed by atoms with Crippen molar-refractivity contribution in [2.45, 2.75) is 44.1 Å². The molecule has 1 saturated carbocycles. The lowest BCUT2D eigenvalue weighted by Crippen LogP contribution is -2.59. The SMILES string of the molecule is COCCN(CCC#N)C(=O)NC1(C(=O)O)CCCCC1. The van der Waals surface area contributed by atoms with Gasteiger partial charge in [0, 0.05) is 20.2 Å². The van der Waals surface area contributed by atoms with Crippen molar-refractivity contribution >= 4 is 12.0 Å². The van der Waals surface area contributed by atoms with Crippen molar-refractivity contribution in [3.63, 3.8) is 0 Å². The van der Waals surface area contributed by atoms with Gasteiger partial charge in [-0.1, -0.05) is 19.3 Å². The highest BCUT2D eigenvalue weighted by Crippen LogP contribution is 2.28. The summed E-state index contributed by atoms with van der Waals surface area (Å²) in [7, 11) is 1.53. The molecule has 0 spiro atoms. The summed E-state index contributed by atoms with van der Waals surface area (Å²) in [4.78, 5) is 25.3. The Balaban J connectivity index is 2.72. The molecule has 0 radical (unpaired) electrons. The molecule has 0 aromatic heterocycles. The Hall–Kier alpha value is -1.81. The minimum absolute atomic E-state index is 0.206. The summed E-state index contributed by atoms with van der Waals surface area (Å²) < 4.78 is 4.94. The van der Waals surface area contributed by atoms with Crippen molar-refractivity contribution in [3.8, 4) is 6.07 Å². The molecular weight excluding hydrogens is 274 g/mol. The standard InChI is InChI=1S/C14H23N3O4/c1-21-11-10-17(9-5-8-15)13(20)16-14(12(18)19)6-3-2-4-7-14/h2-7,9-11H2,1H3,(H,16,20)(H,18,19). The number of ether oxygens (including phenoxy) is 1. The maximum absolute atomic E-state index is 12.3. The van der Waals surface area contributed by atoms with Gasteiger partial charge in [0.1, 0.15) is 5.54 Å². The highest BCUT2D eigenvalue weighted by Gasteiger charge is 2.41. The molecule has 2 amide bonds. The summed E-state index contributed by atoms with van der Waals surface area (Å²) in [5.41, 5.74) is -1.17. The zero-order chi connectivity index (χ0) is 15.7. The number of nitriles is 1. The molecule has 2 N–H and O–H groups in total. The molecule has 7 heteroatoms. The molecule has 0 bridgehead atoms. The Morgan fingerprint density at radius 1 is 1.33 bits per heavy atom. The molecule has 1 aliphatic rings. The number of hydrogen-bond donors (Lipinski definition) is 2. The Morgan fingerprint density at radius 3 is 2.52 bits per heavy atom. The monoisotopic (exact) mass is 297 g/mol. The number of hydrogen-bond acceptors (Lipinski definition) is 4. The summed E-state index contributed by atoms with van der Waals surface area (Å²) in [5, 5.41) is 20.8. The van der Waals surface area contributed by atoms with Crippen molar-refractivity contribution in [1.82, 2.24) is 10.2 Å². The quantitative estimate of drug-likeness (QED) is 0.738. The van der Waals surface area contributed by atoms with Gasteiger partial charge >= 0.3 is 12.0 Å². The minimum Gasteiger partial charge on any atom is -0.480 e. The summed E-state index contributed by atoms with van der Waals surface area (Å²) in [6.45, 7) is 0.944. The van der Waals surface area contributed by atoms with E-state index in [4.69, 9.17) is 10.00 Å². The van der Waals surface area contributed by atoms with Crippen LogP contribution in [0.25, 0.3) is 0 Å². The van der Waals surface area contributed by atoms with Gasteiger partial charge in [0.25, 0.3) is 0 Å². The van der Waals surface area contributed by atoms with Crippen LogP contribution in [0.1, 0.15) is 38.5 Å². The molecule has 0 heterocycles. The van der Waals surface area contributed by atoms with Crippen LogP contribution in [-0.4, -0.2) is 54.4 Å². The topological polar surface area (TPSA) is 103 Å². The van der Waals surface area contributed by atoms with Crippen LogP contribution in [0.2, 0.25) is 0 Å². The van der Waals surface area contributed by atoms with E-state index in [9.17, 15) is 14.7 Å². The molecule has 0 aromatic rings. The van der Waals surface area contributed by atoms with E-state index in [1.54, 1.807) is 0 Å². The summed E-state index contributed by atoms with van der Waals surface area (Å²) >= 11 is 0. The van der Waals surface area contributed by atoms with Gasteiger partial charge in [0.05, 0.1) is 19.1 Å². The zero-order valence-corrected chi connectivity index (χ0v) is 12.4. The van der Waals surface area contributed by atoms with E-state index >= 15 is 0 Å². The fourth-order valence-corrected chi connectivity index (χ4v) is 2.53. The van der Waals surface area contributed by atoms with Crippen molar-refractivity contribution in [3.05, 3.63) is 0 Å². The van der Waals surface area contributed by atoms with Gasteiger partial charge in [-0.05, 0) is 12.8 Å². The van der Waals surface area contributed by atoms with Crippen molar-refractivity contribution in [1.29, 1.82) is 5.26 Å². The minimum atomic E-state index is -1.17. The van der Waals surface area contributed by atoms with E-state index in [-0.39, 0.29) is 13.0 Å². The smallest absolute Gasteiger partial charge is 0.329 e. The number of urea groups is 1. The molecule has 21 heavy (non-hydrogen) atoms. The summed E-state index contributed by atoms with van der Waals surface area (Å²) in [5.74, 6) is -0.984. The number of rotatable bonds is 7. The first-order valence-corrected chi connectivity index (χ1v) is 7.22. The largest absolute Gasteiger partial charge is 0.480 e. The highest BCUT2D eigenvalue weighted by atomic mass is 16.5. The Bertz CT molecular complexity index is 400. The Morgan fingerprint density at radius 2 is 2.00 bits per heavy atom. The fraction of sp³-hybridized carbons (Fsp3) is 0.786. The molecule has 7 nitrogen and oxygen atoms in total. The molecular formula is C14H23N3O4. The van der Waals surface area contributed by atoms with Crippen LogP contribution in [0.4, 0.5) is 4.79 Å². The van der Waals surface area contributed by atoms with Gasteiger partial charge in [-0.3, -0.25) is 0 Å². The van der Waals surface area contributed by atoms with Crippen LogP contribution >= 0.6 is 0 Å². The Labute approximate surface area is 124 Å². The second-order valence-corrected chi connectivity index (χ2v) is 5.27. The van der Waals surface area contributed by atoms with Crippen LogP contribution in [0.5, 0.6) is 0 Å². The first-order valence-electron chi connectivity index (χ1n) is 7.22. The summed E-state index contributed by atoms with van der Waals surface area (Å²) in [6.07, 6.45) is 3.69. The maximum Gasteiger partial charge on any atom is 0.329 e. The molecule has 0 aromatic carbocycles. The number of carboxylic acids is 1. The van der Waals surface area contributed by atoms with Gasteiger partial charge in [-0.25, -0.2) is 9.59 Å². The molecule has 0 saturated heterocycles. The first kappa shape index (κ1) is 17.2. The number of aliphatic carboxylic acids is 1. The number of amides is 2. The lowest BCUT2D eigenvalue weighted by Gasteiger charge is -2.36. The highest BCUT2D eigenvalue weighted by molar-refractivity contribution is 5.86. The van der Waals surface area contributed by atoms with Crippen LogP contribution in [0.3, 0.4) is 0 Å². The second-order valence-electron chi connectivity index (χ2n) is 5.27. The molecule has 1 rings (SSSR count). The average Bonchev–Trinajstić information content (AvgIpc) is 2.48. The average molecular weight is 297 g/mol. The van der Waals surface area contributed by atoms with Crippen LogP contribution < -0.4 is 5.32 Å². The lowest BCUT2D eigenvalue weighted by molar-refractivity contribution is -0.146. The fourth-order valence-electron chi connectivity index (χ4n) is 2.53. The van der Waals surface area contributed by atoms with E-state index in [0.717, 1.165) is 19.3 Å². The molecule has 0 aliphatic heterocycles. The zero-order valence-electron chi connectivity index (χ0n) is 12.4. The van der Waals surface area contributed by atoms with Crippen LogP contribution in [0.15, 0.2) is 0 Å². The second kappa shape index (κ2) is 8.47. The number of nitrogens with zero attached hydrogens (tertiary/aromatic N) is 2. The molecule has 1 fully saturated rings. The number of carbonyl (C=O) groups is 2. The number of methoxy groups -OCH3 is 1. The van der Waals surface area contributed by atoms with E-state index in [1.807, 2.05) is 6.07 Å². The first-order chi connectivity index (χ1) is 10.1. The number of carbonyl (C=O) groups excluding carboxylic acids is 1. The van der Waals surface area contributed by atoms with E-state index in [2.05, 4.69) is 5.32 Å². The molecule has 118 valence electrons. The maximum atomic E-state index is 12.3. The van der Waals surface area contributed by atoms with Gasteiger partial charge < -0.3 is 20.1 Å². The normalized spacial score (nSPS) is 16.8. The van der Waals surface area contributed by atoms with Crippen LogP contribution in [-0.2, 0) is 9.53 Å². The predicted octanol–water partition coefficient (Wildman–Crippen LogP) is 1.35. The van der Waals surface area contributed by atoms with E-state index < -0.39 is 17.5 Å². The van der Waals surface area contributed by atoms with Crippen LogP contribution in [0, 0.1) is 11.3 Å². The van der Waals surface area contributed by atoms with Gasteiger partial charge in [0.15, 0.2) is 0 Å². The molecule has 0 atom stereocenters. The van der Waals surface area contributed by atoms with Gasteiger partial charge in [0.2, 0.25) is 0 Å². The predicted molar refractivity (Wildman–Crippen MR) is 75.7 cm³/mol. The molecule has 0 unspecified atom stereocenters. The summed E-state index contributed by atoms with van der Waals surface area (Å²) in [6, 6.07) is 1.55. The third-order valence-electron chi connectivity index (χ3n) is 3.81. The van der Waals surface area contributed by atoms with Crippen molar-refractivity contribution < 1.29 is 19.4 Å². The van der Waals surface area contributed by atoms with Gasteiger partial charge in [-0.15, -0.1) is 0 Å².